The summed E-state index contributed by atoms with van der Waals surface area (Å²) in [5.41, 5.74) is 3.23. The summed E-state index contributed by atoms with van der Waals surface area (Å²) in [7, 11) is 1.98. The Morgan fingerprint density at radius 2 is 1.91 bits per heavy atom. The van der Waals surface area contributed by atoms with Gasteiger partial charge in [-0.15, -0.1) is 0 Å². The molecule has 34 heavy (non-hydrogen) atoms. The average Bonchev–Trinajstić information content (AvgIpc) is 3.40. The third-order valence-corrected chi connectivity index (χ3v) is 5.66. The molecule has 0 bridgehead atoms. The number of carbonyl (C=O) groups excluding carboxylic acids is 1. The maximum absolute atomic E-state index is 13.2. The van der Waals surface area contributed by atoms with Crippen molar-refractivity contribution >= 4 is 11.9 Å². The zero-order chi connectivity index (χ0) is 25.0. The van der Waals surface area contributed by atoms with E-state index in [0.717, 1.165) is 24.5 Å². The number of carboxylic acids is 1. The number of aliphatic carboxylic acids is 1. The quantitative estimate of drug-likeness (QED) is 0.703. The van der Waals surface area contributed by atoms with E-state index in [1.807, 2.05) is 33.7 Å². The number of alkyl halides is 3. The highest BCUT2D eigenvalue weighted by Crippen LogP contribution is 2.30. The molecule has 1 saturated heterocycles. The number of hydrogen-bond acceptors (Lipinski definition) is 6. The molecule has 2 aromatic rings. The van der Waals surface area contributed by atoms with Crippen LogP contribution in [0.5, 0.6) is 0 Å². The molecule has 188 valence electrons. The Hall–Kier alpha value is -2.93. The molecule has 1 atom stereocenters. The van der Waals surface area contributed by atoms with Gasteiger partial charge in [-0.3, -0.25) is 14.4 Å². The van der Waals surface area contributed by atoms with Crippen molar-refractivity contribution in [2.24, 2.45) is 7.05 Å². The van der Waals surface area contributed by atoms with Crippen molar-refractivity contribution in [2.75, 3.05) is 32.8 Å². The van der Waals surface area contributed by atoms with Gasteiger partial charge in [-0.25, -0.2) is 9.78 Å². The maximum atomic E-state index is 13.2. The minimum Gasteiger partial charge on any atom is -0.475 e. The summed E-state index contributed by atoms with van der Waals surface area (Å²) >= 11 is 0. The molecule has 4 heterocycles. The Morgan fingerprint density at radius 3 is 2.47 bits per heavy atom. The van der Waals surface area contributed by atoms with Crippen molar-refractivity contribution < 1.29 is 32.6 Å². The van der Waals surface area contributed by atoms with Crippen LogP contribution < -0.4 is 0 Å². The van der Waals surface area contributed by atoms with Crippen molar-refractivity contribution in [2.45, 2.75) is 45.1 Å². The molecular formula is C21H29F3N6O4. The highest BCUT2D eigenvalue weighted by Gasteiger charge is 2.38. The number of carboxylic acid groups (broad SMARTS) is 1. The summed E-state index contributed by atoms with van der Waals surface area (Å²) in [5, 5.41) is 11.6. The lowest BCUT2D eigenvalue weighted by molar-refractivity contribution is -0.192. The minimum atomic E-state index is -5.08. The lowest BCUT2D eigenvalue weighted by Crippen LogP contribution is -2.47. The molecule has 0 saturated carbocycles. The van der Waals surface area contributed by atoms with E-state index in [9.17, 15) is 18.0 Å². The molecule has 1 fully saturated rings. The van der Waals surface area contributed by atoms with Crippen LogP contribution in [0.3, 0.4) is 0 Å². The molecule has 13 heteroatoms. The molecule has 2 aliphatic heterocycles. The standard InChI is InChI=1S/C19H28N6O2.C2HF3O2/c1-14(2)25-10-15(8-21-25)9-23-11-16(18-17(12-23)20-13-22(18)3)19(26)24-4-6-27-7-5-24;3-2(4,5)1(6)7/h8,10,13-14,16H,4-7,9,11-12H2,1-3H3;(H,6,7). The fourth-order valence-corrected chi connectivity index (χ4v) is 4.00. The summed E-state index contributed by atoms with van der Waals surface area (Å²) in [5.74, 6) is -2.75. The van der Waals surface area contributed by atoms with Gasteiger partial charge in [0.25, 0.3) is 0 Å². The molecule has 10 nitrogen and oxygen atoms in total. The topological polar surface area (TPSA) is 106 Å². The number of aromatic nitrogens is 4. The Kier molecular flexibility index (Phi) is 7.97. The lowest BCUT2D eigenvalue weighted by Gasteiger charge is -2.36. The van der Waals surface area contributed by atoms with Gasteiger partial charge >= 0.3 is 12.1 Å². The molecular weight excluding hydrogens is 457 g/mol. The molecule has 1 unspecified atom stereocenters. The van der Waals surface area contributed by atoms with Gasteiger partial charge in [0.05, 0.1) is 43.0 Å². The van der Waals surface area contributed by atoms with Gasteiger partial charge in [0.15, 0.2) is 0 Å². The second kappa shape index (κ2) is 10.6. The SMILES string of the molecule is CC(C)n1cc(CN2Cc3ncn(C)c3C(C(=O)N3CCOCC3)C2)cn1.O=C(O)C(F)(F)F. The molecule has 1 amide bonds. The molecule has 1 N–H and O–H groups in total. The Bertz CT molecular complexity index is 997. The van der Waals surface area contributed by atoms with Crippen LogP contribution in [0.4, 0.5) is 13.2 Å². The zero-order valence-corrected chi connectivity index (χ0v) is 19.3. The number of fused-ring (bicyclic) bond motifs is 1. The number of morpholine rings is 1. The van der Waals surface area contributed by atoms with Gasteiger partial charge in [0, 0.05) is 57.6 Å². The average molecular weight is 486 g/mol. The van der Waals surface area contributed by atoms with Crippen molar-refractivity contribution in [3.63, 3.8) is 0 Å². The highest BCUT2D eigenvalue weighted by molar-refractivity contribution is 5.84. The fraction of sp³-hybridized carbons (Fsp3) is 0.619. The Balaban J connectivity index is 0.000000406. The molecule has 0 radical (unpaired) electrons. The second-order valence-electron chi connectivity index (χ2n) is 8.57. The van der Waals surface area contributed by atoms with Gasteiger partial charge < -0.3 is 19.3 Å². The molecule has 2 aromatic heterocycles. The van der Waals surface area contributed by atoms with Crippen LogP contribution in [0, 0.1) is 0 Å². The van der Waals surface area contributed by atoms with Crippen LogP contribution in [0.1, 0.15) is 42.8 Å². The first-order valence-corrected chi connectivity index (χ1v) is 10.9. The largest absolute Gasteiger partial charge is 0.490 e. The van der Waals surface area contributed by atoms with Gasteiger partial charge in [0.1, 0.15) is 0 Å². The van der Waals surface area contributed by atoms with Gasteiger partial charge in [0.2, 0.25) is 5.91 Å². The predicted octanol–water partition coefficient (Wildman–Crippen LogP) is 1.79. The van der Waals surface area contributed by atoms with E-state index in [-0.39, 0.29) is 11.8 Å². The molecule has 2 aliphatic rings. The molecule has 0 spiro atoms. The van der Waals surface area contributed by atoms with Crippen LogP contribution >= 0.6 is 0 Å². The third-order valence-electron chi connectivity index (χ3n) is 5.66. The van der Waals surface area contributed by atoms with Gasteiger partial charge in [-0.1, -0.05) is 0 Å². The number of nitrogens with zero attached hydrogens (tertiary/aromatic N) is 6. The van der Waals surface area contributed by atoms with E-state index < -0.39 is 12.1 Å². The first-order valence-electron chi connectivity index (χ1n) is 10.9. The van der Waals surface area contributed by atoms with Crippen LogP contribution in [0.25, 0.3) is 0 Å². The number of aryl methyl sites for hydroxylation is 1. The number of ether oxygens (including phenoxy) is 1. The van der Waals surface area contributed by atoms with Crippen molar-refractivity contribution in [3.05, 3.63) is 35.7 Å². The smallest absolute Gasteiger partial charge is 0.475 e. The Morgan fingerprint density at radius 1 is 1.26 bits per heavy atom. The van der Waals surface area contributed by atoms with Gasteiger partial charge in [-0.2, -0.15) is 18.3 Å². The number of hydrogen-bond donors (Lipinski definition) is 1. The van der Waals surface area contributed by atoms with E-state index in [0.29, 0.717) is 38.9 Å². The first kappa shape index (κ1) is 25.7. The number of imidazole rings is 1. The zero-order valence-electron chi connectivity index (χ0n) is 19.3. The number of rotatable bonds is 4. The van der Waals surface area contributed by atoms with E-state index in [2.05, 4.69) is 35.0 Å². The van der Waals surface area contributed by atoms with Crippen LogP contribution in [-0.2, 0) is 34.5 Å². The van der Waals surface area contributed by atoms with E-state index in [1.165, 1.54) is 5.56 Å². The van der Waals surface area contributed by atoms with Crippen LogP contribution in [0.15, 0.2) is 18.7 Å². The van der Waals surface area contributed by atoms with E-state index in [4.69, 9.17) is 14.6 Å². The maximum Gasteiger partial charge on any atom is 0.490 e. The predicted molar refractivity (Wildman–Crippen MR) is 114 cm³/mol. The summed E-state index contributed by atoms with van der Waals surface area (Å²) in [4.78, 5) is 30.9. The lowest BCUT2D eigenvalue weighted by atomic mass is 9.96. The molecule has 4 rings (SSSR count). The van der Waals surface area contributed by atoms with Crippen molar-refractivity contribution in [1.82, 2.24) is 29.1 Å². The normalized spacial score (nSPS) is 18.9. The summed E-state index contributed by atoms with van der Waals surface area (Å²) in [6, 6.07) is 0.346. The Labute approximate surface area is 194 Å². The van der Waals surface area contributed by atoms with Gasteiger partial charge in [-0.05, 0) is 13.8 Å². The molecule has 0 aromatic carbocycles. The minimum absolute atomic E-state index is 0.181. The number of halogens is 3. The van der Waals surface area contributed by atoms with Crippen LogP contribution in [0.2, 0.25) is 0 Å². The second-order valence-corrected chi connectivity index (χ2v) is 8.57. The fourth-order valence-electron chi connectivity index (χ4n) is 4.00. The number of amides is 1. The van der Waals surface area contributed by atoms with Crippen molar-refractivity contribution in [1.29, 1.82) is 0 Å². The van der Waals surface area contributed by atoms with E-state index >= 15 is 0 Å². The summed E-state index contributed by atoms with van der Waals surface area (Å²) < 4.78 is 41.1. The molecule has 0 aliphatic carbocycles. The number of carbonyl (C=O) groups is 2. The first-order chi connectivity index (χ1) is 16.0. The van der Waals surface area contributed by atoms with Crippen molar-refractivity contribution in [3.8, 4) is 0 Å². The van der Waals surface area contributed by atoms with E-state index in [1.54, 1.807) is 0 Å². The third kappa shape index (κ3) is 6.14. The summed E-state index contributed by atoms with van der Waals surface area (Å²) in [6.07, 6.45) is 0.759. The van der Waals surface area contributed by atoms with Crippen LogP contribution in [-0.4, -0.2) is 85.1 Å². The summed E-state index contributed by atoms with van der Waals surface area (Å²) in [6.45, 7) is 9.06. The highest BCUT2D eigenvalue weighted by atomic mass is 19.4. The monoisotopic (exact) mass is 486 g/mol.